The summed E-state index contributed by atoms with van der Waals surface area (Å²) >= 11 is 1.88. The molecule has 0 N–H and O–H groups in total. The van der Waals surface area contributed by atoms with Gasteiger partial charge in [0.2, 0.25) is 0 Å². The van der Waals surface area contributed by atoms with Crippen molar-refractivity contribution in [1.29, 1.82) is 0 Å². The van der Waals surface area contributed by atoms with Crippen molar-refractivity contribution in [3.8, 4) is 39.1 Å². The molecule has 0 amide bonds. The summed E-state index contributed by atoms with van der Waals surface area (Å²) in [5.74, 6) is 0.297. The first-order valence-corrected chi connectivity index (χ1v) is 19.8. The molecule has 0 aliphatic heterocycles. The fourth-order valence-electron chi connectivity index (χ4n) is 9.42. The normalized spacial score (nSPS) is 13.6. The maximum atomic E-state index is 2.48. The Bertz CT molecular complexity index is 3120. The highest BCUT2D eigenvalue weighted by Crippen LogP contribution is 2.49. The number of hydrogen-bond donors (Lipinski definition) is 0. The minimum atomic E-state index is 0.297. The van der Waals surface area contributed by atoms with Crippen LogP contribution in [0.15, 0.2) is 170 Å². The number of benzene rings is 8. The number of aryl methyl sites for hydroxylation is 2. The van der Waals surface area contributed by atoms with Crippen molar-refractivity contribution < 1.29 is 0 Å². The lowest BCUT2D eigenvalue weighted by molar-refractivity contribution is 0.827. The minimum absolute atomic E-state index is 0.297. The first-order chi connectivity index (χ1) is 26.6. The molecule has 2 heterocycles. The zero-order valence-corrected chi connectivity index (χ0v) is 31.1. The Morgan fingerprint density at radius 2 is 1.15 bits per heavy atom. The largest absolute Gasteiger partial charge is 0.309 e. The van der Waals surface area contributed by atoms with Crippen LogP contribution in [0, 0.1) is 13.8 Å². The average Bonchev–Trinajstić information content (AvgIpc) is 3.86. The summed E-state index contributed by atoms with van der Waals surface area (Å²) in [5, 5.41) is 5.20. The van der Waals surface area contributed by atoms with E-state index < -0.39 is 0 Å². The number of thiophene rings is 1. The zero-order chi connectivity index (χ0) is 35.9. The molecular formula is C52H37NS. The summed E-state index contributed by atoms with van der Waals surface area (Å²) in [5.41, 5.74) is 18.6. The molecule has 2 aromatic heterocycles. The molecule has 0 saturated heterocycles. The van der Waals surface area contributed by atoms with E-state index in [2.05, 4.69) is 188 Å². The second-order valence-corrected chi connectivity index (χ2v) is 16.0. The first-order valence-electron chi connectivity index (χ1n) is 18.9. The second kappa shape index (κ2) is 12.2. The van der Waals surface area contributed by atoms with E-state index in [-0.39, 0.29) is 0 Å². The Kier molecular flexibility index (Phi) is 7.05. The average molecular weight is 708 g/mol. The van der Waals surface area contributed by atoms with E-state index in [4.69, 9.17) is 0 Å². The fourth-order valence-corrected chi connectivity index (χ4v) is 10.5. The summed E-state index contributed by atoms with van der Waals surface area (Å²) in [7, 11) is 0. The SMILES string of the molecule is Cc1ccccc1-c1c(C)cccc1CC1c2ccccc2-c2cc(-c3ccc4c(c3)c3ccccc3n4-c3cccc4sc5ccccc5c34)ccc21. The number of nitrogens with zero attached hydrogens (tertiary/aromatic N) is 1. The van der Waals surface area contributed by atoms with E-state index in [9.17, 15) is 0 Å². The van der Waals surface area contributed by atoms with E-state index in [1.807, 2.05) is 11.3 Å². The molecule has 1 aliphatic carbocycles. The number of para-hydroxylation sites is 1. The van der Waals surface area contributed by atoms with Crippen LogP contribution in [0.3, 0.4) is 0 Å². The third kappa shape index (κ3) is 4.70. The summed E-state index contributed by atoms with van der Waals surface area (Å²) < 4.78 is 5.13. The molecule has 256 valence electrons. The predicted molar refractivity (Wildman–Crippen MR) is 231 cm³/mol. The van der Waals surface area contributed by atoms with Crippen LogP contribution in [-0.4, -0.2) is 4.57 Å². The van der Waals surface area contributed by atoms with Gasteiger partial charge < -0.3 is 4.57 Å². The molecule has 1 unspecified atom stereocenters. The second-order valence-electron chi connectivity index (χ2n) is 14.9. The fraction of sp³-hybridized carbons (Fsp3) is 0.0769. The molecular weight excluding hydrogens is 671 g/mol. The van der Waals surface area contributed by atoms with E-state index in [0.29, 0.717) is 5.92 Å². The van der Waals surface area contributed by atoms with Gasteiger partial charge >= 0.3 is 0 Å². The smallest absolute Gasteiger partial charge is 0.0555 e. The van der Waals surface area contributed by atoms with E-state index in [0.717, 1.165) is 6.42 Å². The molecule has 0 saturated carbocycles. The maximum Gasteiger partial charge on any atom is 0.0555 e. The highest BCUT2D eigenvalue weighted by atomic mass is 32.1. The van der Waals surface area contributed by atoms with E-state index in [1.54, 1.807) is 0 Å². The van der Waals surface area contributed by atoms with Crippen molar-refractivity contribution in [1.82, 2.24) is 4.57 Å². The molecule has 10 aromatic rings. The van der Waals surface area contributed by atoms with E-state index in [1.165, 1.54) is 109 Å². The van der Waals surface area contributed by atoms with Gasteiger partial charge in [-0.05, 0) is 124 Å². The summed E-state index contributed by atoms with van der Waals surface area (Å²) in [6, 6.07) is 63.5. The maximum absolute atomic E-state index is 2.48. The summed E-state index contributed by atoms with van der Waals surface area (Å²) in [6.45, 7) is 4.49. The summed E-state index contributed by atoms with van der Waals surface area (Å²) in [4.78, 5) is 0. The van der Waals surface area contributed by atoms with Crippen molar-refractivity contribution >= 4 is 53.3 Å². The van der Waals surface area contributed by atoms with Gasteiger partial charge in [-0.25, -0.2) is 0 Å². The third-order valence-electron chi connectivity index (χ3n) is 11.9. The van der Waals surface area contributed by atoms with Crippen LogP contribution in [0.2, 0.25) is 0 Å². The van der Waals surface area contributed by atoms with Gasteiger partial charge in [-0.15, -0.1) is 11.3 Å². The number of hydrogen-bond acceptors (Lipinski definition) is 1. The van der Waals surface area contributed by atoms with Crippen LogP contribution in [0.1, 0.15) is 33.7 Å². The molecule has 0 spiro atoms. The van der Waals surface area contributed by atoms with Gasteiger partial charge in [0.25, 0.3) is 0 Å². The molecule has 0 bridgehead atoms. The van der Waals surface area contributed by atoms with E-state index >= 15 is 0 Å². The van der Waals surface area contributed by atoms with Gasteiger partial charge in [0.05, 0.1) is 16.7 Å². The molecule has 8 aromatic carbocycles. The van der Waals surface area contributed by atoms with Crippen molar-refractivity contribution in [2.75, 3.05) is 0 Å². The summed E-state index contributed by atoms with van der Waals surface area (Å²) in [6.07, 6.45) is 0.965. The van der Waals surface area contributed by atoms with Crippen molar-refractivity contribution in [2.45, 2.75) is 26.2 Å². The first kappa shape index (κ1) is 31.3. The molecule has 54 heavy (non-hydrogen) atoms. The molecule has 1 atom stereocenters. The van der Waals surface area contributed by atoms with Crippen molar-refractivity contribution in [3.63, 3.8) is 0 Å². The minimum Gasteiger partial charge on any atom is -0.309 e. The van der Waals surface area contributed by atoms with Gasteiger partial charge in [-0.2, -0.15) is 0 Å². The van der Waals surface area contributed by atoms with Crippen LogP contribution in [0.4, 0.5) is 0 Å². The Morgan fingerprint density at radius 1 is 0.481 bits per heavy atom. The quantitative estimate of drug-likeness (QED) is 0.168. The van der Waals surface area contributed by atoms with Crippen LogP contribution in [-0.2, 0) is 6.42 Å². The van der Waals surface area contributed by atoms with Gasteiger partial charge in [-0.1, -0.05) is 127 Å². The van der Waals surface area contributed by atoms with Gasteiger partial charge in [-0.3, -0.25) is 0 Å². The Morgan fingerprint density at radius 3 is 2.06 bits per heavy atom. The lowest BCUT2D eigenvalue weighted by Gasteiger charge is -2.20. The highest BCUT2D eigenvalue weighted by molar-refractivity contribution is 7.25. The Hall–Kier alpha value is -6.22. The predicted octanol–water partition coefficient (Wildman–Crippen LogP) is 14.5. The zero-order valence-electron chi connectivity index (χ0n) is 30.3. The van der Waals surface area contributed by atoms with Gasteiger partial charge in [0, 0.05) is 36.9 Å². The van der Waals surface area contributed by atoms with Crippen molar-refractivity contribution in [2.24, 2.45) is 0 Å². The Balaban J connectivity index is 1.04. The topological polar surface area (TPSA) is 4.93 Å². The van der Waals surface area contributed by atoms with Crippen molar-refractivity contribution in [3.05, 3.63) is 198 Å². The monoisotopic (exact) mass is 707 g/mol. The van der Waals surface area contributed by atoms with Crippen LogP contribution >= 0.6 is 11.3 Å². The number of aromatic nitrogens is 1. The number of rotatable bonds is 5. The highest BCUT2D eigenvalue weighted by Gasteiger charge is 2.30. The lowest BCUT2D eigenvalue weighted by Crippen LogP contribution is -2.04. The lowest BCUT2D eigenvalue weighted by atomic mass is 9.84. The number of fused-ring (bicyclic) bond motifs is 9. The van der Waals surface area contributed by atoms with Crippen LogP contribution in [0.25, 0.3) is 81.0 Å². The van der Waals surface area contributed by atoms with Crippen LogP contribution < -0.4 is 0 Å². The molecule has 11 rings (SSSR count). The van der Waals surface area contributed by atoms with Gasteiger partial charge in [0.1, 0.15) is 0 Å². The standard InChI is InChI=1S/C52H37NS/c1-32-13-3-4-16-37(32)51-33(2)14-11-15-36(51)31-44-39-18-6-5-17-38(39)43-29-34(25-27-40(43)44)35-26-28-47-45(30-35)41-19-7-9-21-46(41)53(47)48-22-12-24-50-52(48)42-20-8-10-23-49(42)54-50/h3-30,44H,31H2,1-2H3. The molecule has 2 heteroatoms. The molecule has 0 fully saturated rings. The molecule has 1 aliphatic rings. The Labute approximate surface area is 319 Å². The van der Waals surface area contributed by atoms with Gasteiger partial charge in [0.15, 0.2) is 0 Å². The molecule has 0 radical (unpaired) electrons. The third-order valence-corrected chi connectivity index (χ3v) is 13.0. The van der Waals surface area contributed by atoms with Crippen LogP contribution in [0.5, 0.6) is 0 Å². The molecule has 1 nitrogen and oxygen atoms in total.